The zero-order valence-electron chi connectivity index (χ0n) is 7.91. The number of benzene rings is 1. The van der Waals surface area contributed by atoms with Crippen molar-refractivity contribution in [1.82, 2.24) is 0 Å². The first-order valence-electron chi connectivity index (χ1n) is 4.29. The molecule has 0 saturated carbocycles. The first kappa shape index (κ1) is 12.9. The largest absolute Gasteiger partial charge is 0.396 e. The van der Waals surface area contributed by atoms with E-state index in [1.54, 1.807) is 0 Å². The Labute approximate surface area is 87.5 Å². The molecule has 2 nitrogen and oxygen atoms in total. The lowest BCUT2D eigenvalue weighted by Crippen LogP contribution is -2.19. The van der Waals surface area contributed by atoms with Crippen LogP contribution in [-0.4, -0.2) is 11.7 Å². The summed E-state index contributed by atoms with van der Waals surface area (Å²) >= 11 is 0. The third kappa shape index (κ3) is 2.00. The van der Waals surface area contributed by atoms with Crippen molar-refractivity contribution in [2.75, 3.05) is 6.61 Å². The summed E-state index contributed by atoms with van der Waals surface area (Å²) in [6.07, 6.45) is -0.307. The van der Waals surface area contributed by atoms with E-state index in [2.05, 4.69) is 0 Å². The minimum absolute atomic E-state index is 0.307. The van der Waals surface area contributed by atoms with Gasteiger partial charge in [0.25, 0.3) is 0 Å². The van der Waals surface area contributed by atoms with Crippen LogP contribution < -0.4 is 5.73 Å². The highest BCUT2D eigenvalue weighted by molar-refractivity contribution is 5.26. The summed E-state index contributed by atoms with van der Waals surface area (Å²) in [5, 5.41) is 8.49. The summed E-state index contributed by atoms with van der Waals surface area (Å²) in [6.45, 7) is -0.527. The average molecular weight is 241 g/mol. The lowest BCUT2D eigenvalue weighted by atomic mass is 10.0. The highest BCUT2D eigenvalue weighted by Gasteiger charge is 2.28. The summed E-state index contributed by atoms with van der Waals surface area (Å²) in [6, 6.07) is -1.45. The number of aliphatic hydroxyl groups is 1. The molecule has 0 amide bonds. The Bertz CT molecular complexity index is 380. The summed E-state index contributed by atoms with van der Waals surface area (Å²) in [5.74, 6) is -10.2. The van der Waals surface area contributed by atoms with Gasteiger partial charge in [0.15, 0.2) is 23.3 Å². The summed E-state index contributed by atoms with van der Waals surface area (Å²) < 4.78 is 64.3. The van der Waals surface area contributed by atoms with E-state index in [1.807, 2.05) is 0 Å². The van der Waals surface area contributed by atoms with Gasteiger partial charge >= 0.3 is 0 Å². The lowest BCUT2D eigenvalue weighted by molar-refractivity contribution is 0.271. The highest BCUT2D eigenvalue weighted by Crippen LogP contribution is 2.27. The van der Waals surface area contributed by atoms with Crippen molar-refractivity contribution in [1.29, 1.82) is 0 Å². The monoisotopic (exact) mass is 241 g/mol. The third-order valence-corrected chi connectivity index (χ3v) is 2.05. The van der Waals surface area contributed by atoms with Crippen LogP contribution in [0.5, 0.6) is 0 Å². The van der Waals surface area contributed by atoms with E-state index in [9.17, 15) is 22.0 Å². The Balaban J connectivity index is 3.39. The molecule has 1 aromatic carbocycles. The van der Waals surface area contributed by atoms with Crippen LogP contribution in [-0.2, 0) is 0 Å². The molecule has 1 rings (SSSR count). The zero-order valence-corrected chi connectivity index (χ0v) is 7.91. The molecule has 7 heteroatoms. The van der Waals surface area contributed by atoms with Crippen molar-refractivity contribution in [3.05, 3.63) is 34.6 Å². The van der Waals surface area contributed by atoms with Gasteiger partial charge in [-0.2, -0.15) is 0 Å². The van der Waals surface area contributed by atoms with Gasteiger partial charge in [0, 0.05) is 18.2 Å². The number of hydrogen-bond donors (Lipinski definition) is 2. The molecular weight excluding hydrogens is 233 g/mol. The first-order valence-corrected chi connectivity index (χ1v) is 4.29. The van der Waals surface area contributed by atoms with Crippen LogP contribution in [0.4, 0.5) is 22.0 Å². The molecule has 90 valence electrons. The summed E-state index contributed by atoms with van der Waals surface area (Å²) in [5.41, 5.74) is 4.09. The fourth-order valence-electron chi connectivity index (χ4n) is 1.23. The molecule has 0 saturated heterocycles. The molecule has 0 aliphatic heterocycles. The fourth-order valence-corrected chi connectivity index (χ4v) is 1.23. The predicted octanol–water partition coefficient (Wildman–Crippen LogP) is 1.76. The third-order valence-electron chi connectivity index (χ3n) is 2.05. The van der Waals surface area contributed by atoms with Crippen molar-refractivity contribution < 1.29 is 27.1 Å². The van der Waals surface area contributed by atoms with Gasteiger partial charge in [-0.05, 0) is 6.42 Å². The number of nitrogens with two attached hydrogens (primary N) is 1. The van der Waals surface area contributed by atoms with E-state index in [0.29, 0.717) is 0 Å². The molecule has 0 bridgehead atoms. The maximum absolute atomic E-state index is 13.1. The van der Waals surface area contributed by atoms with E-state index in [-0.39, 0.29) is 6.42 Å². The van der Waals surface area contributed by atoms with E-state index in [1.165, 1.54) is 0 Å². The molecule has 3 N–H and O–H groups in total. The lowest BCUT2D eigenvalue weighted by Gasteiger charge is -2.13. The average Bonchev–Trinajstić information content (AvgIpc) is 2.24. The van der Waals surface area contributed by atoms with Gasteiger partial charge in [0.05, 0.1) is 0 Å². The Morgan fingerprint density at radius 3 is 1.62 bits per heavy atom. The summed E-state index contributed by atoms with van der Waals surface area (Å²) in [4.78, 5) is 0. The maximum atomic E-state index is 13.1. The van der Waals surface area contributed by atoms with Crippen LogP contribution in [0.1, 0.15) is 18.0 Å². The molecule has 0 aliphatic carbocycles. The van der Waals surface area contributed by atoms with Crippen molar-refractivity contribution in [3.8, 4) is 0 Å². The smallest absolute Gasteiger partial charge is 0.200 e. The van der Waals surface area contributed by atoms with Gasteiger partial charge in [-0.3, -0.25) is 0 Å². The number of rotatable bonds is 3. The Morgan fingerprint density at radius 2 is 1.25 bits per heavy atom. The van der Waals surface area contributed by atoms with Gasteiger partial charge in [-0.15, -0.1) is 0 Å². The minimum atomic E-state index is -2.23. The van der Waals surface area contributed by atoms with Gasteiger partial charge in [-0.1, -0.05) is 0 Å². The van der Waals surface area contributed by atoms with Gasteiger partial charge in [0.2, 0.25) is 5.82 Å². The fraction of sp³-hybridized carbons (Fsp3) is 0.333. The normalized spacial score (nSPS) is 12.9. The first-order chi connectivity index (χ1) is 7.41. The molecule has 0 aliphatic rings. The van der Waals surface area contributed by atoms with E-state index < -0.39 is 47.3 Å². The molecule has 16 heavy (non-hydrogen) atoms. The highest BCUT2D eigenvalue weighted by atomic mass is 19.2. The van der Waals surface area contributed by atoms with Gasteiger partial charge < -0.3 is 10.8 Å². The van der Waals surface area contributed by atoms with Crippen LogP contribution in [0.2, 0.25) is 0 Å². The molecule has 0 spiro atoms. The molecule has 0 unspecified atom stereocenters. The topological polar surface area (TPSA) is 46.2 Å². The Kier molecular flexibility index (Phi) is 3.82. The molecule has 0 aromatic heterocycles. The SMILES string of the molecule is N[C@H](CCO)c1c(F)c(F)c(F)c(F)c1F. The van der Waals surface area contributed by atoms with Crippen LogP contribution in [0.25, 0.3) is 0 Å². The van der Waals surface area contributed by atoms with Crippen molar-refractivity contribution in [3.63, 3.8) is 0 Å². The second-order valence-electron chi connectivity index (χ2n) is 3.10. The summed E-state index contributed by atoms with van der Waals surface area (Å²) in [7, 11) is 0. The van der Waals surface area contributed by atoms with Crippen LogP contribution in [0.15, 0.2) is 0 Å². The van der Waals surface area contributed by atoms with E-state index >= 15 is 0 Å². The van der Waals surface area contributed by atoms with Crippen LogP contribution >= 0.6 is 0 Å². The molecule has 0 radical (unpaired) electrons. The van der Waals surface area contributed by atoms with Gasteiger partial charge in [0.1, 0.15) is 0 Å². The van der Waals surface area contributed by atoms with Crippen molar-refractivity contribution >= 4 is 0 Å². The van der Waals surface area contributed by atoms with Gasteiger partial charge in [-0.25, -0.2) is 22.0 Å². The van der Waals surface area contributed by atoms with Crippen LogP contribution in [0, 0.1) is 29.1 Å². The quantitative estimate of drug-likeness (QED) is 0.481. The molecule has 0 fully saturated rings. The molecule has 0 heterocycles. The van der Waals surface area contributed by atoms with E-state index in [4.69, 9.17) is 10.8 Å². The number of aliphatic hydroxyl groups excluding tert-OH is 1. The standard InChI is InChI=1S/C9H8F5NO/c10-5-4(3(15)1-2-16)6(11)8(13)9(14)7(5)12/h3,16H,1-2,15H2/t3-/m1/s1. The predicted molar refractivity (Wildman–Crippen MR) is 44.9 cm³/mol. The van der Waals surface area contributed by atoms with E-state index in [0.717, 1.165) is 0 Å². The molecule has 1 atom stereocenters. The minimum Gasteiger partial charge on any atom is -0.396 e. The molecule has 1 aromatic rings. The second-order valence-corrected chi connectivity index (χ2v) is 3.10. The maximum Gasteiger partial charge on any atom is 0.200 e. The Hall–Kier alpha value is -1.21. The second kappa shape index (κ2) is 4.75. The molecular formula is C9H8F5NO. The van der Waals surface area contributed by atoms with Crippen molar-refractivity contribution in [2.45, 2.75) is 12.5 Å². The van der Waals surface area contributed by atoms with Crippen molar-refractivity contribution in [2.24, 2.45) is 5.73 Å². The Morgan fingerprint density at radius 1 is 0.875 bits per heavy atom. The number of hydrogen-bond acceptors (Lipinski definition) is 2. The zero-order chi connectivity index (χ0) is 12.5. The van der Waals surface area contributed by atoms with Crippen LogP contribution in [0.3, 0.4) is 0 Å². The number of halogens is 5.